The van der Waals surface area contributed by atoms with Crippen molar-refractivity contribution in [2.24, 2.45) is 0 Å². The number of benzene rings is 1. The fourth-order valence-electron chi connectivity index (χ4n) is 2.01. The summed E-state index contributed by atoms with van der Waals surface area (Å²) in [6.07, 6.45) is 0.265. The van der Waals surface area contributed by atoms with E-state index in [2.05, 4.69) is 10.3 Å². The second kappa shape index (κ2) is 7.05. The van der Waals surface area contributed by atoms with Crippen molar-refractivity contribution >= 4 is 12.4 Å². The number of alkyl carbamates (subject to hydrolysis) is 1. The number of pyridine rings is 1. The molecule has 0 spiro atoms. The molecule has 1 N–H and O–H groups in total. The summed E-state index contributed by atoms with van der Waals surface area (Å²) in [4.78, 5) is 26.8. The smallest absolute Gasteiger partial charge is 0.407 e. The van der Waals surface area contributed by atoms with Crippen molar-refractivity contribution in [3.8, 4) is 11.3 Å². The summed E-state index contributed by atoms with van der Waals surface area (Å²) in [6, 6.07) is 12.9. The first kappa shape index (κ1) is 16.7. The van der Waals surface area contributed by atoms with E-state index in [1.807, 2.05) is 51.1 Å². The minimum absolute atomic E-state index is 0.357. The number of amides is 1. The largest absolute Gasteiger partial charge is 0.444 e. The molecule has 0 aliphatic carbocycles. The third-order valence-electron chi connectivity index (χ3n) is 2.95. The third-order valence-corrected chi connectivity index (χ3v) is 2.95. The van der Waals surface area contributed by atoms with Gasteiger partial charge in [0, 0.05) is 12.1 Å². The van der Waals surface area contributed by atoms with Gasteiger partial charge in [0.1, 0.15) is 11.3 Å². The molecule has 1 amide bonds. The van der Waals surface area contributed by atoms with Crippen molar-refractivity contribution < 1.29 is 14.3 Å². The van der Waals surface area contributed by atoms with Gasteiger partial charge in [0.15, 0.2) is 6.29 Å². The van der Waals surface area contributed by atoms with Gasteiger partial charge in [0.05, 0.1) is 5.69 Å². The van der Waals surface area contributed by atoms with Gasteiger partial charge in [-0.3, -0.25) is 4.79 Å². The zero-order valence-corrected chi connectivity index (χ0v) is 13.5. The molecule has 23 heavy (non-hydrogen) atoms. The third kappa shape index (κ3) is 5.21. The molecule has 0 fully saturated rings. The van der Waals surface area contributed by atoms with Crippen LogP contribution in [-0.2, 0) is 11.3 Å². The minimum Gasteiger partial charge on any atom is -0.444 e. The lowest BCUT2D eigenvalue weighted by atomic mass is 10.1. The molecule has 120 valence electrons. The van der Waals surface area contributed by atoms with E-state index < -0.39 is 11.7 Å². The van der Waals surface area contributed by atoms with Gasteiger partial charge in [-0.15, -0.1) is 0 Å². The van der Waals surface area contributed by atoms with E-state index in [-0.39, 0.29) is 0 Å². The summed E-state index contributed by atoms with van der Waals surface area (Å²) >= 11 is 0. The van der Waals surface area contributed by atoms with Crippen molar-refractivity contribution in [1.29, 1.82) is 0 Å². The Balaban J connectivity index is 2.08. The molecule has 2 rings (SSSR count). The van der Waals surface area contributed by atoms with Crippen molar-refractivity contribution in [3.63, 3.8) is 0 Å². The number of rotatable bonds is 4. The molecule has 1 aromatic carbocycles. The van der Waals surface area contributed by atoms with Crippen molar-refractivity contribution in [3.05, 3.63) is 53.7 Å². The monoisotopic (exact) mass is 312 g/mol. The Morgan fingerprint density at radius 3 is 2.65 bits per heavy atom. The Morgan fingerprint density at radius 1 is 1.22 bits per heavy atom. The fourth-order valence-corrected chi connectivity index (χ4v) is 2.01. The average Bonchev–Trinajstić information content (AvgIpc) is 2.52. The van der Waals surface area contributed by atoms with Gasteiger partial charge in [0.2, 0.25) is 0 Å². The number of carbonyl (C=O) groups is 2. The van der Waals surface area contributed by atoms with Gasteiger partial charge >= 0.3 is 6.09 Å². The molecular weight excluding hydrogens is 292 g/mol. The molecule has 0 bridgehead atoms. The van der Waals surface area contributed by atoms with E-state index in [1.165, 1.54) is 0 Å². The van der Waals surface area contributed by atoms with Crippen LogP contribution in [0.5, 0.6) is 0 Å². The highest BCUT2D eigenvalue weighted by atomic mass is 16.6. The molecule has 0 aliphatic heterocycles. The normalized spacial score (nSPS) is 10.9. The molecule has 0 saturated heterocycles. The molecular formula is C18H20N2O3. The lowest BCUT2D eigenvalue weighted by Gasteiger charge is -2.19. The van der Waals surface area contributed by atoms with E-state index >= 15 is 0 Å². The van der Waals surface area contributed by atoms with Gasteiger partial charge in [0.25, 0.3) is 0 Å². The molecule has 0 saturated carbocycles. The quantitative estimate of drug-likeness (QED) is 0.876. The summed E-state index contributed by atoms with van der Waals surface area (Å²) in [5.74, 6) is 0. The Labute approximate surface area is 135 Å². The zero-order valence-electron chi connectivity index (χ0n) is 13.5. The SMILES string of the molecule is CC(C)(C)OC(=O)NCc1cccc(-c2cccc(C=O)n2)c1. The summed E-state index contributed by atoms with van der Waals surface area (Å²) in [6.45, 7) is 5.81. The molecule has 0 radical (unpaired) electrons. The maximum atomic E-state index is 11.7. The van der Waals surface area contributed by atoms with E-state index in [9.17, 15) is 9.59 Å². The Morgan fingerprint density at radius 2 is 1.96 bits per heavy atom. The molecule has 1 aromatic heterocycles. The fraction of sp³-hybridized carbons (Fsp3) is 0.278. The number of nitrogens with one attached hydrogen (secondary N) is 1. The van der Waals surface area contributed by atoms with Crippen LogP contribution in [0.2, 0.25) is 0 Å². The van der Waals surface area contributed by atoms with Crippen LogP contribution in [0.4, 0.5) is 4.79 Å². The Kier molecular flexibility index (Phi) is 5.11. The minimum atomic E-state index is -0.523. The number of hydrogen-bond donors (Lipinski definition) is 1. The van der Waals surface area contributed by atoms with Crippen molar-refractivity contribution in [1.82, 2.24) is 10.3 Å². The highest BCUT2D eigenvalue weighted by Gasteiger charge is 2.15. The van der Waals surface area contributed by atoms with Crippen LogP contribution in [0.3, 0.4) is 0 Å². The number of carbonyl (C=O) groups excluding carboxylic acids is 2. The molecule has 5 nitrogen and oxygen atoms in total. The summed E-state index contributed by atoms with van der Waals surface area (Å²) in [5.41, 5.74) is 2.39. The van der Waals surface area contributed by atoms with Gasteiger partial charge in [-0.2, -0.15) is 0 Å². The topological polar surface area (TPSA) is 68.3 Å². The predicted octanol–water partition coefficient (Wildman–Crippen LogP) is 3.59. The maximum Gasteiger partial charge on any atom is 0.407 e. The van der Waals surface area contributed by atoms with Gasteiger partial charge < -0.3 is 10.1 Å². The van der Waals surface area contributed by atoms with Crippen molar-refractivity contribution in [2.75, 3.05) is 0 Å². The lowest BCUT2D eigenvalue weighted by molar-refractivity contribution is 0.0523. The summed E-state index contributed by atoms with van der Waals surface area (Å²) < 4.78 is 5.20. The van der Waals surface area contributed by atoms with Gasteiger partial charge in [-0.1, -0.05) is 24.3 Å². The van der Waals surface area contributed by atoms with Gasteiger partial charge in [-0.05, 0) is 44.5 Å². The summed E-state index contributed by atoms with van der Waals surface area (Å²) in [7, 11) is 0. The van der Waals surface area contributed by atoms with Crippen LogP contribution >= 0.6 is 0 Å². The number of ether oxygens (including phenoxy) is 1. The number of hydrogen-bond acceptors (Lipinski definition) is 4. The first-order valence-electron chi connectivity index (χ1n) is 7.36. The van der Waals surface area contributed by atoms with Crippen LogP contribution in [0, 0.1) is 0 Å². The second-order valence-electron chi connectivity index (χ2n) is 6.12. The van der Waals surface area contributed by atoms with E-state index in [0.29, 0.717) is 17.9 Å². The molecule has 5 heteroatoms. The molecule has 0 atom stereocenters. The number of nitrogens with zero attached hydrogens (tertiary/aromatic N) is 1. The highest BCUT2D eigenvalue weighted by molar-refractivity contribution is 5.74. The van der Waals surface area contributed by atoms with E-state index in [1.54, 1.807) is 12.1 Å². The number of aromatic nitrogens is 1. The molecule has 0 aliphatic rings. The highest BCUT2D eigenvalue weighted by Crippen LogP contribution is 2.18. The standard InChI is InChI=1S/C18H20N2O3/c1-18(2,3)23-17(22)19-11-13-6-4-7-14(10-13)16-9-5-8-15(12-21)20-16/h4-10,12H,11H2,1-3H3,(H,19,22). The van der Waals surface area contributed by atoms with Crippen LogP contribution in [-0.4, -0.2) is 23.0 Å². The van der Waals surface area contributed by atoms with E-state index in [0.717, 1.165) is 17.4 Å². The van der Waals surface area contributed by atoms with Crippen LogP contribution < -0.4 is 5.32 Å². The maximum absolute atomic E-state index is 11.7. The van der Waals surface area contributed by atoms with E-state index in [4.69, 9.17) is 4.74 Å². The first-order valence-corrected chi connectivity index (χ1v) is 7.36. The molecule has 2 aromatic rings. The van der Waals surface area contributed by atoms with Crippen LogP contribution in [0.1, 0.15) is 36.8 Å². The van der Waals surface area contributed by atoms with Crippen molar-refractivity contribution in [2.45, 2.75) is 32.9 Å². The predicted molar refractivity (Wildman–Crippen MR) is 88.1 cm³/mol. The van der Waals surface area contributed by atoms with Crippen LogP contribution in [0.15, 0.2) is 42.5 Å². The molecule has 0 unspecified atom stereocenters. The number of aldehydes is 1. The second-order valence-corrected chi connectivity index (χ2v) is 6.12. The average molecular weight is 312 g/mol. The lowest BCUT2D eigenvalue weighted by Crippen LogP contribution is -2.32. The first-order chi connectivity index (χ1) is 10.9. The van der Waals surface area contributed by atoms with Gasteiger partial charge in [-0.25, -0.2) is 9.78 Å². The Bertz CT molecular complexity index is 705. The van der Waals surface area contributed by atoms with Crippen LogP contribution in [0.25, 0.3) is 11.3 Å². The summed E-state index contributed by atoms with van der Waals surface area (Å²) in [5, 5.41) is 2.72. The molecule has 1 heterocycles. The zero-order chi connectivity index (χ0) is 16.9. The Hall–Kier alpha value is -2.69.